The minimum Gasteiger partial charge on any atom is -0.505 e. The van der Waals surface area contributed by atoms with Crippen LogP contribution in [0.15, 0.2) is 39.5 Å². The summed E-state index contributed by atoms with van der Waals surface area (Å²) < 4.78 is 33.9. The first-order chi connectivity index (χ1) is 20.7. The Morgan fingerprint density at radius 2 is 1.91 bits per heavy atom. The first kappa shape index (κ1) is 31.1. The van der Waals surface area contributed by atoms with Gasteiger partial charge in [-0.3, -0.25) is 4.79 Å². The number of primary amides is 1. The Balaban J connectivity index is 1.40. The number of methoxy groups -OCH3 is 1. The minimum atomic E-state index is -1.50. The maximum Gasteiger partial charge on any atom is 0.404 e. The Labute approximate surface area is 252 Å². The van der Waals surface area contributed by atoms with E-state index < -0.39 is 59.3 Å². The molecule has 13 nitrogen and oxygen atoms in total. The molecule has 1 aromatic heterocycles. The number of aliphatic hydroxyl groups excluding tert-OH is 1. The first-order valence-corrected chi connectivity index (χ1v) is 14.1. The lowest BCUT2D eigenvalue weighted by molar-refractivity contribution is -0.304. The molecule has 0 radical (unpaired) electrons. The number of fused-ring (bicyclic) bond motifs is 2. The Hall–Kier alpha value is -4.33. The third-order valence-electron chi connectivity index (χ3n) is 8.02. The fraction of sp³-hybridized carbons (Fsp3) is 0.452. The third kappa shape index (κ3) is 5.65. The number of aromatic hydroxyl groups is 1. The summed E-state index contributed by atoms with van der Waals surface area (Å²) in [7, 11) is 1.38. The number of amides is 2. The van der Waals surface area contributed by atoms with Crippen molar-refractivity contribution in [3.63, 3.8) is 0 Å². The van der Waals surface area contributed by atoms with Gasteiger partial charge in [0.05, 0.1) is 11.0 Å². The summed E-state index contributed by atoms with van der Waals surface area (Å²) in [6, 6.07) is 7.91. The van der Waals surface area contributed by atoms with Gasteiger partial charge in [0, 0.05) is 24.7 Å². The molecule has 2 aromatic carbocycles. The molecule has 236 valence electrons. The number of rotatable bonds is 7. The van der Waals surface area contributed by atoms with E-state index in [1.807, 2.05) is 0 Å². The zero-order valence-corrected chi connectivity index (χ0v) is 25.2. The average Bonchev–Trinajstić information content (AvgIpc) is 3.39. The second kappa shape index (κ2) is 11.6. The summed E-state index contributed by atoms with van der Waals surface area (Å²) >= 11 is 0. The molecule has 2 aliphatic heterocycles. The van der Waals surface area contributed by atoms with Crippen molar-refractivity contribution in [3.8, 4) is 17.2 Å². The van der Waals surface area contributed by atoms with Crippen LogP contribution in [0.2, 0.25) is 0 Å². The molecule has 0 unspecified atom stereocenters. The number of hydrogen-bond donors (Lipinski definition) is 4. The normalized spacial score (nSPS) is 24.0. The van der Waals surface area contributed by atoms with Crippen molar-refractivity contribution < 1.29 is 47.9 Å². The van der Waals surface area contributed by atoms with Gasteiger partial charge in [0.1, 0.15) is 29.3 Å². The molecule has 1 fully saturated rings. The predicted molar refractivity (Wildman–Crippen MR) is 157 cm³/mol. The van der Waals surface area contributed by atoms with Crippen LogP contribution in [-0.2, 0) is 20.6 Å². The standard InChI is InChI=1S/C31H36N2O11/c1-13(2)20-12-16-11-15(7-9-19(16)40-20)27(36)33-21-22(34)17-8-10-18(14(3)24(17)42-28(21)37)41-29-23(35)25(43-30(32)38)26(39-6)31(4,5)44-29/h7-11,13,20,23,25-26,29,34-35H,12H2,1-6H3,(H2,32,38)(H,33,36)/t20-,23+,25-,26+,29+/m0/s1. The van der Waals surface area contributed by atoms with Gasteiger partial charge in [-0.1, -0.05) is 13.8 Å². The molecule has 0 bridgehead atoms. The van der Waals surface area contributed by atoms with Crippen LogP contribution in [0, 0.1) is 12.8 Å². The number of carbonyl (C=O) groups is 2. The molecule has 3 aromatic rings. The van der Waals surface area contributed by atoms with Gasteiger partial charge in [0.15, 0.2) is 23.6 Å². The Morgan fingerprint density at radius 3 is 2.57 bits per heavy atom. The van der Waals surface area contributed by atoms with Crippen LogP contribution in [0.4, 0.5) is 10.5 Å². The fourth-order valence-corrected chi connectivity index (χ4v) is 5.65. The van der Waals surface area contributed by atoms with Crippen LogP contribution in [0.3, 0.4) is 0 Å². The number of benzene rings is 2. The van der Waals surface area contributed by atoms with E-state index >= 15 is 0 Å². The summed E-state index contributed by atoms with van der Waals surface area (Å²) in [4.78, 5) is 37.6. The van der Waals surface area contributed by atoms with E-state index in [1.165, 1.54) is 19.2 Å². The van der Waals surface area contributed by atoms with E-state index in [-0.39, 0.29) is 22.8 Å². The Kier molecular flexibility index (Phi) is 8.23. The number of aryl methyl sites for hydroxylation is 1. The number of carbonyl (C=O) groups excluding carboxylic acids is 2. The van der Waals surface area contributed by atoms with Gasteiger partial charge in [0.25, 0.3) is 5.91 Å². The lowest BCUT2D eigenvalue weighted by Crippen LogP contribution is -2.65. The summed E-state index contributed by atoms with van der Waals surface area (Å²) in [5.41, 5.74) is 4.18. The molecule has 0 saturated carbocycles. The summed E-state index contributed by atoms with van der Waals surface area (Å²) in [6.07, 6.45) is -5.36. The van der Waals surface area contributed by atoms with Crippen molar-refractivity contribution in [1.82, 2.24) is 0 Å². The van der Waals surface area contributed by atoms with Crippen molar-refractivity contribution in [2.24, 2.45) is 11.7 Å². The number of hydrogen-bond acceptors (Lipinski definition) is 11. The van der Waals surface area contributed by atoms with Gasteiger partial charge < -0.3 is 49.4 Å². The molecule has 13 heteroatoms. The van der Waals surface area contributed by atoms with Gasteiger partial charge in [-0.25, -0.2) is 9.59 Å². The van der Waals surface area contributed by atoms with Crippen LogP contribution in [0.25, 0.3) is 11.0 Å². The summed E-state index contributed by atoms with van der Waals surface area (Å²) in [5, 5.41) is 24.6. The van der Waals surface area contributed by atoms with Crippen molar-refractivity contribution in [2.75, 3.05) is 12.4 Å². The van der Waals surface area contributed by atoms with E-state index in [9.17, 15) is 24.6 Å². The lowest BCUT2D eigenvalue weighted by Gasteiger charge is -2.47. The molecule has 2 aliphatic rings. The second-order valence-corrected chi connectivity index (χ2v) is 11.8. The largest absolute Gasteiger partial charge is 0.505 e. The fourth-order valence-electron chi connectivity index (χ4n) is 5.65. The van der Waals surface area contributed by atoms with Crippen molar-refractivity contribution >= 4 is 28.7 Å². The summed E-state index contributed by atoms with van der Waals surface area (Å²) in [6.45, 7) is 9.03. The molecule has 5 N–H and O–H groups in total. The smallest absolute Gasteiger partial charge is 0.404 e. The van der Waals surface area contributed by atoms with E-state index in [4.69, 9.17) is 33.8 Å². The highest BCUT2D eigenvalue weighted by Crippen LogP contribution is 2.39. The van der Waals surface area contributed by atoms with Crippen LogP contribution < -0.4 is 26.1 Å². The summed E-state index contributed by atoms with van der Waals surface area (Å²) in [5.74, 6) is 0.0663. The molecule has 2 amide bonds. The number of anilines is 1. The first-order valence-electron chi connectivity index (χ1n) is 14.1. The highest BCUT2D eigenvalue weighted by Gasteiger charge is 2.53. The Morgan fingerprint density at radius 1 is 1.18 bits per heavy atom. The van der Waals surface area contributed by atoms with Gasteiger partial charge in [-0.15, -0.1) is 0 Å². The number of aliphatic hydroxyl groups is 1. The monoisotopic (exact) mass is 612 g/mol. The van der Waals surface area contributed by atoms with Crippen LogP contribution in [-0.4, -0.2) is 65.6 Å². The quantitative estimate of drug-likeness (QED) is 0.286. The third-order valence-corrected chi connectivity index (χ3v) is 8.02. The second-order valence-electron chi connectivity index (χ2n) is 11.8. The average molecular weight is 613 g/mol. The molecular weight excluding hydrogens is 576 g/mol. The predicted octanol–water partition coefficient (Wildman–Crippen LogP) is 3.37. The van der Waals surface area contributed by atoms with E-state index in [2.05, 4.69) is 19.2 Å². The van der Waals surface area contributed by atoms with Crippen molar-refractivity contribution in [2.45, 2.75) is 77.3 Å². The van der Waals surface area contributed by atoms with E-state index in [1.54, 1.807) is 39.0 Å². The van der Waals surface area contributed by atoms with E-state index in [0.717, 1.165) is 5.56 Å². The van der Waals surface area contributed by atoms with Gasteiger partial charge in [-0.2, -0.15) is 0 Å². The molecule has 0 spiro atoms. The van der Waals surface area contributed by atoms with Crippen LogP contribution >= 0.6 is 0 Å². The highest BCUT2D eigenvalue weighted by molar-refractivity contribution is 6.06. The van der Waals surface area contributed by atoms with Gasteiger partial charge in [-0.05, 0) is 62.6 Å². The molecule has 3 heterocycles. The molecular formula is C31H36N2O11. The molecule has 5 rings (SSSR count). The van der Waals surface area contributed by atoms with E-state index in [0.29, 0.717) is 29.2 Å². The van der Waals surface area contributed by atoms with Crippen LogP contribution in [0.1, 0.15) is 49.2 Å². The minimum absolute atomic E-state index is 0.0123. The highest BCUT2D eigenvalue weighted by atomic mass is 16.7. The lowest BCUT2D eigenvalue weighted by atomic mass is 9.89. The van der Waals surface area contributed by atoms with Gasteiger partial charge >= 0.3 is 11.7 Å². The SMILES string of the molecule is CO[C@@H]1[C@@H](OC(N)=O)[C@@H](O)[C@H](Oc2ccc3c(O)c(NC(=O)c4ccc5c(c4)C[C@@H](C(C)C)O5)c(=O)oc3c2C)OC1(C)C. The maximum atomic E-state index is 13.1. The zero-order chi connectivity index (χ0) is 32.1. The molecule has 0 aliphatic carbocycles. The number of ether oxygens (including phenoxy) is 5. The van der Waals surface area contributed by atoms with Crippen molar-refractivity contribution in [1.29, 1.82) is 0 Å². The molecule has 5 atom stereocenters. The molecule has 1 saturated heterocycles. The van der Waals surface area contributed by atoms with Crippen LogP contribution in [0.5, 0.6) is 17.2 Å². The molecule has 44 heavy (non-hydrogen) atoms. The van der Waals surface area contributed by atoms with Gasteiger partial charge in [0.2, 0.25) is 6.29 Å². The maximum absolute atomic E-state index is 13.1. The number of nitrogens with one attached hydrogen (secondary N) is 1. The topological polar surface area (TPSA) is 189 Å². The zero-order valence-electron chi connectivity index (χ0n) is 25.2. The number of nitrogens with two attached hydrogens (primary N) is 1. The Bertz CT molecular complexity index is 1660. The van der Waals surface area contributed by atoms with Crippen molar-refractivity contribution in [3.05, 3.63) is 57.4 Å².